The van der Waals surface area contributed by atoms with Crippen LogP contribution in [0.1, 0.15) is 43.0 Å². The van der Waals surface area contributed by atoms with Crippen LogP contribution >= 0.6 is 11.6 Å². The van der Waals surface area contributed by atoms with Crippen LogP contribution in [0.2, 0.25) is 5.02 Å². The van der Waals surface area contributed by atoms with Crippen LogP contribution in [0, 0.1) is 11.8 Å². The van der Waals surface area contributed by atoms with Gasteiger partial charge in [0.2, 0.25) is 0 Å². The molecule has 0 radical (unpaired) electrons. The van der Waals surface area contributed by atoms with Crippen molar-refractivity contribution in [3.63, 3.8) is 0 Å². The molecule has 1 aromatic heterocycles. The third-order valence-corrected chi connectivity index (χ3v) is 4.47. The Hall–Kier alpha value is -1.29. The van der Waals surface area contributed by atoms with E-state index in [-0.39, 0.29) is 12.1 Å². The molecule has 1 aromatic rings. The van der Waals surface area contributed by atoms with Crippen molar-refractivity contribution in [1.82, 2.24) is 10.3 Å². The molecule has 2 N–H and O–H groups in total. The largest absolute Gasteiger partial charge is 0.349 e. The number of aromatic nitrogens is 1. The molecule has 1 aliphatic heterocycles. The molecule has 3 unspecified atom stereocenters. The molecule has 2 aliphatic rings. The summed E-state index contributed by atoms with van der Waals surface area (Å²) < 4.78 is 0. The van der Waals surface area contributed by atoms with E-state index in [0.717, 1.165) is 18.8 Å². The monoisotopic (exact) mass is 279 g/mol. The molecule has 102 valence electrons. The maximum absolute atomic E-state index is 12.2. The topological polar surface area (TPSA) is 54.0 Å². The quantitative estimate of drug-likeness (QED) is 0.831. The van der Waals surface area contributed by atoms with Crippen LogP contribution in [-0.4, -0.2) is 17.1 Å². The van der Waals surface area contributed by atoms with Crippen molar-refractivity contribution >= 4 is 23.3 Å². The Labute approximate surface area is 117 Å². The standard InChI is InChI=1S/C14H18ClN3O/c1-8-3-2-4-9(7-8)12-17-13-11(14(19)18-12)10(15)5-6-16-13/h5-6,8-9,12H,2-4,7H2,1H3,(H,16,17)(H,18,19). The minimum Gasteiger partial charge on any atom is -0.349 e. The predicted molar refractivity (Wildman–Crippen MR) is 75.2 cm³/mol. The second-order valence-electron chi connectivity index (χ2n) is 5.64. The van der Waals surface area contributed by atoms with Gasteiger partial charge in [-0.1, -0.05) is 31.4 Å². The number of anilines is 1. The summed E-state index contributed by atoms with van der Waals surface area (Å²) in [5.74, 6) is 1.70. The van der Waals surface area contributed by atoms with Crippen molar-refractivity contribution in [1.29, 1.82) is 0 Å². The highest BCUT2D eigenvalue weighted by atomic mass is 35.5. The van der Waals surface area contributed by atoms with Crippen molar-refractivity contribution in [2.75, 3.05) is 5.32 Å². The molecule has 1 saturated carbocycles. The Balaban J connectivity index is 1.83. The number of carbonyl (C=O) groups is 1. The molecule has 5 heteroatoms. The number of hydrogen-bond donors (Lipinski definition) is 2. The van der Waals surface area contributed by atoms with Gasteiger partial charge in [-0.05, 0) is 30.7 Å². The summed E-state index contributed by atoms with van der Waals surface area (Å²) in [6, 6.07) is 1.64. The fourth-order valence-electron chi connectivity index (χ4n) is 3.18. The molecule has 3 atom stereocenters. The summed E-state index contributed by atoms with van der Waals surface area (Å²) >= 11 is 6.05. The molecular weight excluding hydrogens is 262 g/mol. The molecule has 2 heterocycles. The van der Waals surface area contributed by atoms with Gasteiger partial charge >= 0.3 is 0 Å². The number of carbonyl (C=O) groups excluding carboxylic acids is 1. The SMILES string of the molecule is CC1CCCC(C2NC(=O)c3c(Cl)ccnc3N2)C1. The van der Waals surface area contributed by atoms with Crippen LogP contribution in [0.25, 0.3) is 0 Å². The Bertz CT molecular complexity index is 505. The number of amides is 1. The molecule has 4 nitrogen and oxygen atoms in total. The molecule has 1 aliphatic carbocycles. The first-order valence-corrected chi connectivity index (χ1v) is 7.25. The smallest absolute Gasteiger partial charge is 0.258 e. The van der Waals surface area contributed by atoms with E-state index in [1.807, 2.05) is 0 Å². The van der Waals surface area contributed by atoms with Crippen molar-refractivity contribution < 1.29 is 4.79 Å². The van der Waals surface area contributed by atoms with Gasteiger partial charge in [0, 0.05) is 6.20 Å². The first kappa shape index (κ1) is 12.7. The number of halogens is 1. The zero-order valence-corrected chi connectivity index (χ0v) is 11.7. The van der Waals surface area contributed by atoms with Crippen LogP contribution in [0.4, 0.5) is 5.82 Å². The summed E-state index contributed by atoms with van der Waals surface area (Å²) in [6.45, 7) is 2.28. The fourth-order valence-corrected chi connectivity index (χ4v) is 3.41. The maximum atomic E-state index is 12.2. The Morgan fingerprint density at radius 1 is 1.37 bits per heavy atom. The van der Waals surface area contributed by atoms with Crippen LogP contribution in [0.3, 0.4) is 0 Å². The highest BCUT2D eigenvalue weighted by Crippen LogP contribution is 2.34. The van der Waals surface area contributed by atoms with E-state index in [4.69, 9.17) is 11.6 Å². The minimum absolute atomic E-state index is 0.0197. The summed E-state index contributed by atoms with van der Waals surface area (Å²) in [5.41, 5.74) is 0.462. The van der Waals surface area contributed by atoms with Crippen molar-refractivity contribution in [2.45, 2.75) is 38.8 Å². The molecule has 0 saturated heterocycles. The first-order chi connectivity index (χ1) is 9.15. The summed E-state index contributed by atoms with van der Waals surface area (Å²) in [6.07, 6.45) is 6.43. The number of nitrogens with zero attached hydrogens (tertiary/aromatic N) is 1. The Morgan fingerprint density at radius 3 is 3.00 bits per heavy atom. The number of hydrogen-bond acceptors (Lipinski definition) is 3. The second-order valence-corrected chi connectivity index (χ2v) is 6.05. The number of nitrogens with one attached hydrogen (secondary N) is 2. The van der Waals surface area contributed by atoms with Crippen LogP contribution < -0.4 is 10.6 Å². The molecule has 0 bridgehead atoms. The van der Waals surface area contributed by atoms with E-state index in [1.54, 1.807) is 12.3 Å². The fraction of sp³-hybridized carbons (Fsp3) is 0.571. The normalized spacial score (nSPS) is 30.2. The van der Waals surface area contributed by atoms with Crippen LogP contribution in [-0.2, 0) is 0 Å². The molecule has 0 aromatic carbocycles. The van der Waals surface area contributed by atoms with Gasteiger partial charge in [-0.3, -0.25) is 4.79 Å². The van der Waals surface area contributed by atoms with E-state index in [0.29, 0.717) is 22.3 Å². The Morgan fingerprint density at radius 2 is 2.21 bits per heavy atom. The molecular formula is C14H18ClN3O. The van der Waals surface area contributed by atoms with E-state index in [9.17, 15) is 4.79 Å². The zero-order valence-electron chi connectivity index (χ0n) is 10.9. The lowest BCUT2D eigenvalue weighted by molar-refractivity contribution is 0.0907. The van der Waals surface area contributed by atoms with Crippen molar-refractivity contribution in [3.05, 3.63) is 22.8 Å². The van der Waals surface area contributed by atoms with Gasteiger partial charge in [0.25, 0.3) is 5.91 Å². The average molecular weight is 280 g/mol. The van der Waals surface area contributed by atoms with Crippen molar-refractivity contribution in [3.8, 4) is 0 Å². The highest BCUT2D eigenvalue weighted by Gasteiger charge is 2.33. The van der Waals surface area contributed by atoms with Gasteiger partial charge in [0.15, 0.2) is 0 Å². The average Bonchev–Trinajstić information content (AvgIpc) is 2.38. The number of fused-ring (bicyclic) bond motifs is 1. The van der Waals surface area contributed by atoms with Crippen LogP contribution in [0.5, 0.6) is 0 Å². The second kappa shape index (κ2) is 5.00. The van der Waals surface area contributed by atoms with E-state index in [2.05, 4.69) is 22.5 Å². The predicted octanol–water partition coefficient (Wildman–Crippen LogP) is 3.04. The third kappa shape index (κ3) is 2.41. The zero-order chi connectivity index (χ0) is 13.4. The van der Waals surface area contributed by atoms with Gasteiger partial charge in [0.1, 0.15) is 17.5 Å². The lowest BCUT2D eigenvalue weighted by atomic mass is 9.80. The van der Waals surface area contributed by atoms with E-state index >= 15 is 0 Å². The molecule has 1 amide bonds. The van der Waals surface area contributed by atoms with Gasteiger partial charge in [-0.25, -0.2) is 4.98 Å². The lowest BCUT2D eigenvalue weighted by Gasteiger charge is -2.37. The van der Waals surface area contributed by atoms with E-state index < -0.39 is 0 Å². The summed E-state index contributed by atoms with van der Waals surface area (Å²) in [7, 11) is 0. The number of rotatable bonds is 1. The molecule has 1 fully saturated rings. The number of pyridine rings is 1. The molecule has 19 heavy (non-hydrogen) atoms. The summed E-state index contributed by atoms with van der Waals surface area (Å²) in [4.78, 5) is 16.4. The minimum atomic E-state index is -0.116. The lowest BCUT2D eigenvalue weighted by Crippen LogP contribution is -2.50. The van der Waals surface area contributed by atoms with Gasteiger partial charge in [-0.2, -0.15) is 0 Å². The third-order valence-electron chi connectivity index (χ3n) is 4.15. The van der Waals surface area contributed by atoms with E-state index in [1.165, 1.54) is 12.8 Å². The van der Waals surface area contributed by atoms with Gasteiger partial charge in [-0.15, -0.1) is 0 Å². The molecule has 3 rings (SSSR count). The summed E-state index contributed by atoms with van der Waals surface area (Å²) in [5, 5.41) is 6.81. The highest BCUT2D eigenvalue weighted by molar-refractivity contribution is 6.34. The first-order valence-electron chi connectivity index (χ1n) is 6.87. The van der Waals surface area contributed by atoms with Gasteiger partial charge < -0.3 is 10.6 Å². The van der Waals surface area contributed by atoms with Gasteiger partial charge in [0.05, 0.1) is 5.02 Å². The molecule has 0 spiro atoms. The Kier molecular flexibility index (Phi) is 3.35. The van der Waals surface area contributed by atoms with Crippen LogP contribution in [0.15, 0.2) is 12.3 Å². The van der Waals surface area contributed by atoms with Crippen molar-refractivity contribution in [2.24, 2.45) is 11.8 Å². The maximum Gasteiger partial charge on any atom is 0.258 e.